The summed E-state index contributed by atoms with van der Waals surface area (Å²) in [6.45, 7) is 4.98. The van der Waals surface area contributed by atoms with Crippen molar-refractivity contribution < 1.29 is 0 Å². The zero-order valence-electron chi connectivity index (χ0n) is 11.0. The Morgan fingerprint density at radius 3 is 2.58 bits per heavy atom. The molecule has 0 amide bonds. The molecule has 0 saturated heterocycles. The van der Waals surface area contributed by atoms with E-state index in [-0.39, 0.29) is 6.04 Å². The van der Waals surface area contributed by atoms with Crippen LogP contribution in [0.15, 0.2) is 41.0 Å². The van der Waals surface area contributed by atoms with Crippen LogP contribution in [-0.2, 0) is 0 Å². The lowest BCUT2D eigenvalue weighted by Gasteiger charge is -2.19. The van der Waals surface area contributed by atoms with E-state index in [1.165, 1.54) is 5.56 Å². The fourth-order valence-corrected chi connectivity index (χ4v) is 2.49. The Balaban J connectivity index is 2.38. The van der Waals surface area contributed by atoms with Gasteiger partial charge in [-0.05, 0) is 58.7 Å². The third-order valence-corrected chi connectivity index (χ3v) is 4.17. The zero-order chi connectivity index (χ0) is 13.8. The van der Waals surface area contributed by atoms with Gasteiger partial charge in [0.15, 0.2) is 0 Å². The van der Waals surface area contributed by atoms with Gasteiger partial charge < -0.3 is 5.32 Å². The maximum absolute atomic E-state index is 6.05. The molecule has 4 heteroatoms. The van der Waals surface area contributed by atoms with E-state index in [4.69, 9.17) is 11.6 Å². The second kappa shape index (κ2) is 6.51. The topological polar surface area (TPSA) is 24.9 Å². The summed E-state index contributed by atoms with van der Waals surface area (Å²) < 4.78 is 0.912. The Labute approximate surface area is 127 Å². The highest BCUT2D eigenvalue weighted by molar-refractivity contribution is 9.10. The first-order chi connectivity index (χ1) is 9.11. The van der Waals surface area contributed by atoms with Crippen LogP contribution in [0.4, 0.5) is 0 Å². The fourth-order valence-electron chi connectivity index (χ4n) is 1.97. The predicted octanol–water partition coefficient (Wildman–Crippen LogP) is 4.50. The van der Waals surface area contributed by atoms with E-state index in [0.29, 0.717) is 0 Å². The maximum Gasteiger partial charge on any atom is 0.0592 e. The van der Waals surface area contributed by atoms with Crippen molar-refractivity contribution >= 4 is 27.5 Å². The summed E-state index contributed by atoms with van der Waals surface area (Å²) in [5, 5.41) is 4.20. The quantitative estimate of drug-likeness (QED) is 0.887. The number of hydrogen-bond acceptors (Lipinski definition) is 2. The molecular formula is C15H16BrClN2. The van der Waals surface area contributed by atoms with Crippen molar-refractivity contribution in [2.75, 3.05) is 6.54 Å². The SMILES string of the molecule is CCNC(c1ccc(C)nc1)c1ccc(Cl)c(Br)c1. The van der Waals surface area contributed by atoms with Crippen LogP contribution in [0.1, 0.15) is 29.8 Å². The van der Waals surface area contributed by atoms with Gasteiger partial charge in [0.2, 0.25) is 0 Å². The molecule has 2 rings (SSSR count). The van der Waals surface area contributed by atoms with Gasteiger partial charge in [0, 0.05) is 16.4 Å². The largest absolute Gasteiger partial charge is 0.306 e. The van der Waals surface area contributed by atoms with Crippen molar-refractivity contribution in [2.45, 2.75) is 19.9 Å². The molecule has 0 radical (unpaired) electrons. The number of benzene rings is 1. The van der Waals surface area contributed by atoms with Crippen LogP contribution in [0.5, 0.6) is 0 Å². The van der Waals surface area contributed by atoms with Crippen LogP contribution in [0, 0.1) is 6.92 Å². The van der Waals surface area contributed by atoms with Gasteiger partial charge >= 0.3 is 0 Å². The van der Waals surface area contributed by atoms with Gasteiger partial charge in [-0.3, -0.25) is 4.98 Å². The first-order valence-corrected chi connectivity index (χ1v) is 7.39. The number of rotatable bonds is 4. The van der Waals surface area contributed by atoms with Crippen molar-refractivity contribution in [1.29, 1.82) is 0 Å². The van der Waals surface area contributed by atoms with Crippen molar-refractivity contribution in [1.82, 2.24) is 10.3 Å². The molecule has 19 heavy (non-hydrogen) atoms. The van der Waals surface area contributed by atoms with Gasteiger partial charge in [-0.2, -0.15) is 0 Å². The molecule has 1 atom stereocenters. The second-order valence-electron chi connectivity index (χ2n) is 4.40. The van der Waals surface area contributed by atoms with E-state index in [1.54, 1.807) is 0 Å². The average Bonchev–Trinajstić information content (AvgIpc) is 2.41. The molecule has 1 aromatic heterocycles. The zero-order valence-corrected chi connectivity index (χ0v) is 13.3. The molecule has 2 nitrogen and oxygen atoms in total. The molecule has 0 aliphatic heterocycles. The minimum Gasteiger partial charge on any atom is -0.306 e. The smallest absolute Gasteiger partial charge is 0.0592 e. The molecule has 1 N–H and O–H groups in total. The second-order valence-corrected chi connectivity index (χ2v) is 5.66. The van der Waals surface area contributed by atoms with Gasteiger partial charge in [0.1, 0.15) is 0 Å². The lowest BCUT2D eigenvalue weighted by Crippen LogP contribution is -2.22. The fraction of sp³-hybridized carbons (Fsp3) is 0.267. The predicted molar refractivity (Wildman–Crippen MR) is 83.6 cm³/mol. The Morgan fingerprint density at radius 1 is 1.26 bits per heavy atom. The number of halogens is 2. The van der Waals surface area contributed by atoms with Crippen LogP contribution < -0.4 is 5.32 Å². The van der Waals surface area contributed by atoms with Crippen LogP contribution >= 0.6 is 27.5 Å². The van der Waals surface area contributed by atoms with E-state index >= 15 is 0 Å². The summed E-state index contributed by atoms with van der Waals surface area (Å²) >= 11 is 9.52. The summed E-state index contributed by atoms with van der Waals surface area (Å²) in [4.78, 5) is 4.37. The Bertz CT molecular complexity index is 555. The monoisotopic (exact) mass is 338 g/mol. The lowest BCUT2D eigenvalue weighted by atomic mass is 10.00. The molecule has 2 aromatic rings. The summed E-state index contributed by atoms with van der Waals surface area (Å²) in [5.74, 6) is 0. The van der Waals surface area contributed by atoms with Crippen molar-refractivity contribution in [3.63, 3.8) is 0 Å². The average molecular weight is 340 g/mol. The van der Waals surface area contributed by atoms with E-state index in [0.717, 1.165) is 27.3 Å². The molecule has 0 aliphatic carbocycles. The Morgan fingerprint density at radius 2 is 2.00 bits per heavy atom. The first kappa shape index (κ1) is 14.5. The molecule has 0 fully saturated rings. The molecule has 1 unspecified atom stereocenters. The molecule has 1 heterocycles. The lowest BCUT2D eigenvalue weighted by molar-refractivity contribution is 0.628. The van der Waals surface area contributed by atoms with Crippen LogP contribution in [0.25, 0.3) is 0 Å². The summed E-state index contributed by atoms with van der Waals surface area (Å²) in [6, 6.07) is 10.3. The summed E-state index contributed by atoms with van der Waals surface area (Å²) in [5.41, 5.74) is 3.35. The molecular weight excluding hydrogens is 324 g/mol. The number of nitrogens with zero attached hydrogens (tertiary/aromatic N) is 1. The van der Waals surface area contributed by atoms with E-state index in [9.17, 15) is 0 Å². The standard InChI is InChI=1S/C15H16BrClN2/c1-3-18-15(12-5-4-10(2)19-9-12)11-6-7-14(17)13(16)8-11/h4-9,15,18H,3H2,1-2H3. The van der Waals surface area contributed by atoms with Gasteiger partial charge in [0.05, 0.1) is 11.1 Å². The highest BCUT2D eigenvalue weighted by atomic mass is 79.9. The van der Waals surface area contributed by atoms with Crippen molar-refractivity contribution in [3.8, 4) is 0 Å². The maximum atomic E-state index is 6.05. The Hall–Kier alpha value is -0.900. The molecule has 100 valence electrons. The van der Waals surface area contributed by atoms with Gasteiger partial charge in [-0.15, -0.1) is 0 Å². The third kappa shape index (κ3) is 3.56. The Kier molecular flexibility index (Phi) is 4.97. The van der Waals surface area contributed by atoms with Gasteiger partial charge in [-0.25, -0.2) is 0 Å². The number of aryl methyl sites for hydroxylation is 1. The molecule has 0 aliphatic rings. The van der Waals surface area contributed by atoms with Crippen LogP contribution in [0.2, 0.25) is 5.02 Å². The van der Waals surface area contributed by atoms with Crippen molar-refractivity contribution in [3.05, 3.63) is 62.8 Å². The summed E-state index contributed by atoms with van der Waals surface area (Å²) in [6.07, 6.45) is 1.92. The minimum atomic E-state index is 0.131. The van der Waals surface area contributed by atoms with Gasteiger partial charge in [0.25, 0.3) is 0 Å². The van der Waals surface area contributed by atoms with Crippen LogP contribution in [-0.4, -0.2) is 11.5 Å². The number of hydrogen-bond donors (Lipinski definition) is 1. The van der Waals surface area contributed by atoms with Crippen LogP contribution in [0.3, 0.4) is 0 Å². The van der Waals surface area contributed by atoms with Gasteiger partial charge in [-0.1, -0.05) is 30.7 Å². The minimum absolute atomic E-state index is 0.131. The number of aromatic nitrogens is 1. The highest BCUT2D eigenvalue weighted by Gasteiger charge is 2.14. The molecule has 0 bridgehead atoms. The molecule has 0 spiro atoms. The van der Waals surface area contributed by atoms with E-state index < -0.39 is 0 Å². The normalized spacial score (nSPS) is 12.4. The third-order valence-electron chi connectivity index (χ3n) is 2.95. The number of nitrogens with one attached hydrogen (secondary N) is 1. The highest BCUT2D eigenvalue weighted by Crippen LogP contribution is 2.29. The van der Waals surface area contributed by atoms with E-state index in [1.807, 2.05) is 31.3 Å². The molecule has 0 saturated carbocycles. The van der Waals surface area contributed by atoms with Crippen molar-refractivity contribution in [2.24, 2.45) is 0 Å². The first-order valence-electron chi connectivity index (χ1n) is 6.22. The van der Waals surface area contributed by atoms with E-state index in [2.05, 4.69) is 45.3 Å². The molecule has 1 aromatic carbocycles. The number of pyridine rings is 1. The summed E-state index contributed by atoms with van der Waals surface area (Å²) in [7, 11) is 0.